The quantitative estimate of drug-likeness (QED) is 0.653. The number of ether oxygens (including phenoxy) is 1. The van der Waals surface area contributed by atoms with Gasteiger partial charge in [-0.1, -0.05) is 36.4 Å². The number of benzene rings is 1. The van der Waals surface area contributed by atoms with Crippen molar-refractivity contribution in [2.45, 2.75) is 19.4 Å². The number of carbonyl (C=O) groups is 3. The molecule has 0 saturated heterocycles. The highest BCUT2D eigenvalue weighted by atomic mass is 32.1. The Morgan fingerprint density at radius 2 is 1.85 bits per heavy atom. The van der Waals surface area contributed by atoms with Crippen molar-refractivity contribution in [3.05, 3.63) is 63.9 Å². The van der Waals surface area contributed by atoms with E-state index in [1.54, 1.807) is 24.3 Å². The fourth-order valence-corrected chi connectivity index (χ4v) is 2.93. The number of amides is 1. The van der Waals surface area contributed by atoms with E-state index in [-0.39, 0.29) is 25.2 Å². The summed E-state index contributed by atoms with van der Waals surface area (Å²) in [5, 5.41) is 11.2. The van der Waals surface area contributed by atoms with E-state index in [1.165, 1.54) is 11.3 Å². The molecular weight excluding hydrogens is 354 g/mol. The third kappa shape index (κ3) is 6.90. The SMILES string of the molecule is O=C(O)CCC(=O)c1ccc(C=CCNC(=O)OCc2ccccc2)s1. The first-order valence-corrected chi connectivity index (χ1v) is 8.82. The molecule has 136 valence electrons. The zero-order valence-corrected chi connectivity index (χ0v) is 14.8. The Labute approximate surface area is 155 Å². The minimum Gasteiger partial charge on any atom is -0.481 e. The zero-order chi connectivity index (χ0) is 18.8. The van der Waals surface area contributed by atoms with Gasteiger partial charge in [-0.3, -0.25) is 9.59 Å². The second kappa shape index (κ2) is 10.1. The maximum absolute atomic E-state index is 11.8. The Bertz CT molecular complexity index is 782. The smallest absolute Gasteiger partial charge is 0.407 e. The maximum Gasteiger partial charge on any atom is 0.407 e. The van der Waals surface area contributed by atoms with Gasteiger partial charge in [-0.05, 0) is 23.8 Å². The third-order valence-corrected chi connectivity index (χ3v) is 4.42. The largest absolute Gasteiger partial charge is 0.481 e. The van der Waals surface area contributed by atoms with Gasteiger partial charge in [0.25, 0.3) is 0 Å². The van der Waals surface area contributed by atoms with Crippen LogP contribution in [0, 0.1) is 0 Å². The number of hydrogen-bond acceptors (Lipinski definition) is 5. The molecule has 7 heteroatoms. The molecule has 0 aliphatic rings. The molecular formula is C19H19NO5S. The molecule has 0 atom stereocenters. The normalized spacial score (nSPS) is 10.6. The Hall–Kier alpha value is -2.93. The lowest BCUT2D eigenvalue weighted by atomic mass is 10.2. The van der Waals surface area contributed by atoms with Crippen LogP contribution < -0.4 is 5.32 Å². The third-order valence-electron chi connectivity index (χ3n) is 3.33. The summed E-state index contributed by atoms with van der Waals surface area (Å²) in [6.07, 6.45) is 2.86. The highest BCUT2D eigenvalue weighted by Crippen LogP contribution is 2.20. The van der Waals surface area contributed by atoms with Gasteiger partial charge in [-0.2, -0.15) is 0 Å². The molecule has 2 N–H and O–H groups in total. The molecule has 1 heterocycles. The Balaban J connectivity index is 1.70. The van der Waals surface area contributed by atoms with Crippen LogP contribution in [0.3, 0.4) is 0 Å². The number of Topliss-reactive ketones (excluding diaryl/α,β-unsaturated/α-hetero) is 1. The lowest BCUT2D eigenvalue weighted by molar-refractivity contribution is -0.136. The number of hydrogen-bond donors (Lipinski definition) is 2. The van der Waals surface area contributed by atoms with E-state index in [0.717, 1.165) is 10.4 Å². The van der Waals surface area contributed by atoms with Crippen molar-refractivity contribution in [2.75, 3.05) is 6.54 Å². The summed E-state index contributed by atoms with van der Waals surface area (Å²) in [4.78, 5) is 35.3. The molecule has 0 aliphatic heterocycles. The number of carboxylic acid groups (broad SMARTS) is 1. The van der Waals surface area contributed by atoms with Crippen LogP contribution in [0.1, 0.15) is 33.0 Å². The van der Waals surface area contributed by atoms with Crippen LogP contribution in [-0.2, 0) is 16.1 Å². The average molecular weight is 373 g/mol. The molecule has 2 rings (SSSR count). The summed E-state index contributed by atoms with van der Waals surface area (Å²) in [7, 11) is 0. The van der Waals surface area contributed by atoms with Gasteiger partial charge in [0.2, 0.25) is 0 Å². The first kappa shape index (κ1) is 19.4. The maximum atomic E-state index is 11.8. The number of rotatable bonds is 9. The second-order valence-electron chi connectivity index (χ2n) is 5.36. The van der Waals surface area contributed by atoms with Gasteiger partial charge in [-0.25, -0.2) is 4.79 Å². The highest BCUT2D eigenvalue weighted by Gasteiger charge is 2.10. The summed E-state index contributed by atoms with van der Waals surface area (Å²) < 4.78 is 5.09. The molecule has 1 aromatic carbocycles. The van der Waals surface area contributed by atoms with Crippen molar-refractivity contribution in [3.63, 3.8) is 0 Å². The van der Waals surface area contributed by atoms with Gasteiger partial charge in [0.05, 0.1) is 11.3 Å². The van der Waals surface area contributed by atoms with Crippen molar-refractivity contribution in [1.82, 2.24) is 5.32 Å². The molecule has 0 fully saturated rings. The molecule has 26 heavy (non-hydrogen) atoms. The molecule has 0 spiro atoms. The minimum atomic E-state index is -0.986. The average Bonchev–Trinajstić information content (AvgIpc) is 3.11. The second-order valence-corrected chi connectivity index (χ2v) is 6.48. The fourth-order valence-electron chi connectivity index (χ4n) is 2.03. The lowest BCUT2D eigenvalue weighted by Crippen LogP contribution is -2.24. The molecule has 2 aromatic rings. The molecule has 0 aliphatic carbocycles. The topological polar surface area (TPSA) is 92.7 Å². The van der Waals surface area contributed by atoms with Crippen molar-refractivity contribution < 1.29 is 24.2 Å². The monoisotopic (exact) mass is 373 g/mol. The van der Waals surface area contributed by atoms with Crippen LogP contribution in [-0.4, -0.2) is 29.5 Å². The predicted molar refractivity (Wildman–Crippen MR) is 99.2 cm³/mol. The molecule has 0 bridgehead atoms. The number of nitrogens with one attached hydrogen (secondary N) is 1. The summed E-state index contributed by atoms with van der Waals surface area (Å²) in [6.45, 7) is 0.511. The van der Waals surface area contributed by atoms with Crippen LogP contribution in [0.2, 0.25) is 0 Å². The lowest BCUT2D eigenvalue weighted by Gasteiger charge is -2.05. The first-order valence-electron chi connectivity index (χ1n) is 8.00. The number of alkyl carbamates (subject to hydrolysis) is 1. The van der Waals surface area contributed by atoms with E-state index >= 15 is 0 Å². The molecule has 1 amide bonds. The summed E-state index contributed by atoms with van der Waals surface area (Å²) in [5.74, 6) is -1.17. The highest BCUT2D eigenvalue weighted by molar-refractivity contribution is 7.14. The molecule has 0 saturated carbocycles. The van der Waals surface area contributed by atoms with Gasteiger partial charge in [0.1, 0.15) is 6.61 Å². The van der Waals surface area contributed by atoms with E-state index in [0.29, 0.717) is 11.4 Å². The molecule has 0 radical (unpaired) electrons. The van der Waals surface area contributed by atoms with E-state index in [1.807, 2.05) is 30.3 Å². The van der Waals surface area contributed by atoms with Gasteiger partial charge < -0.3 is 15.2 Å². The van der Waals surface area contributed by atoms with Crippen LogP contribution >= 0.6 is 11.3 Å². The van der Waals surface area contributed by atoms with Gasteiger partial charge in [-0.15, -0.1) is 11.3 Å². The van der Waals surface area contributed by atoms with Crippen molar-refractivity contribution in [3.8, 4) is 0 Å². The van der Waals surface area contributed by atoms with Gasteiger partial charge in [0.15, 0.2) is 5.78 Å². The van der Waals surface area contributed by atoms with Crippen molar-refractivity contribution in [1.29, 1.82) is 0 Å². The van der Waals surface area contributed by atoms with Crippen LogP contribution in [0.5, 0.6) is 0 Å². The molecule has 6 nitrogen and oxygen atoms in total. The number of ketones is 1. The number of carbonyl (C=O) groups excluding carboxylic acids is 2. The summed E-state index contributed by atoms with van der Waals surface area (Å²) in [6, 6.07) is 12.9. The first-order chi connectivity index (χ1) is 12.5. The van der Waals surface area contributed by atoms with E-state index < -0.39 is 12.1 Å². The van der Waals surface area contributed by atoms with Crippen LogP contribution in [0.4, 0.5) is 4.79 Å². The van der Waals surface area contributed by atoms with Crippen LogP contribution in [0.25, 0.3) is 6.08 Å². The Kier molecular flexibility index (Phi) is 7.57. The predicted octanol–water partition coefficient (Wildman–Crippen LogP) is 3.74. The summed E-state index contributed by atoms with van der Waals surface area (Å²) >= 11 is 1.29. The van der Waals surface area contributed by atoms with E-state index in [9.17, 15) is 14.4 Å². The van der Waals surface area contributed by atoms with E-state index in [4.69, 9.17) is 9.84 Å². The standard InChI is InChI=1S/C19H19NO5S/c21-16(9-11-18(22)23)17-10-8-15(26-17)7-4-12-20-19(24)25-13-14-5-2-1-3-6-14/h1-8,10H,9,11-13H2,(H,20,24)(H,22,23). The Morgan fingerprint density at radius 3 is 2.58 bits per heavy atom. The van der Waals surface area contributed by atoms with E-state index in [2.05, 4.69) is 5.32 Å². The van der Waals surface area contributed by atoms with Crippen molar-refractivity contribution >= 4 is 35.3 Å². The summed E-state index contributed by atoms with van der Waals surface area (Å²) in [5.41, 5.74) is 0.914. The van der Waals surface area contributed by atoms with Gasteiger partial charge in [0, 0.05) is 17.8 Å². The number of aliphatic carboxylic acids is 1. The van der Waals surface area contributed by atoms with Crippen molar-refractivity contribution in [2.24, 2.45) is 0 Å². The Morgan fingerprint density at radius 1 is 1.08 bits per heavy atom. The molecule has 1 aromatic heterocycles. The minimum absolute atomic E-state index is 0.00614. The zero-order valence-electron chi connectivity index (χ0n) is 14.0. The fraction of sp³-hybridized carbons (Fsp3) is 0.211. The number of thiophene rings is 1. The van der Waals surface area contributed by atoms with Gasteiger partial charge >= 0.3 is 12.1 Å². The number of carboxylic acids is 1. The van der Waals surface area contributed by atoms with Crippen LogP contribution in [0.15, 0.2) is 48.5 Å². The molecule has 0 unspecified atom stereocenters.